The van der Waals surface area contributed by atoms with Gasteiger partial charge in [-0.05, 0) is 35.4 Å². The molecule has 0 saturated carbocycles. The van der Waals surface area contributed by atoms with Crippen LogP contribution in [0.1, 0.15) is 0 Å². The van der Waals surface area contributed by atoms with Crippen molar-refractivity contribution in [3.05, 3.63) is 140 Å². The van der Waals surface area contributed by atoms with Gasteiger partial charge in [-0.2, -0.15) is 0 Å². The van der Waals surface area contributed by atoms with Gasteiger partial charge in [0.2, 0.25) is 0 Å². The van der Waals surface area contributed by atoms with Crippen molar-refractivity contribution in [3.8, 4) is 56.5 Å². The molecule has 5 nitrogen and oxygen atoms in total. The molecular weight excluding hydrogens is 478 g/mol. The van der Waals surface area contributed by atoms with E-state index in [-0.39, 0.29) is 0 Å². The van der Waals surface area contributed by atoms with Crippen LogP contribution in [0.25, 0.3) is 62.2 Å². The second-order valence-corrected chi connectivity index (χ2v) is 9.27. The van der Waals surface area contributed by atoms with Crippen LogP contribution in [0.15, 0.2) is 140 Å². The van der Waals surface area contributed by atoms with Crippen LogP contribution in [0.5, 0.6) is 0 Å². The number of fused-ring (bicyclic) bond motifs is 1. The zero-order valence-corrected chi connectivity index (χ0v) is 21.0. The molecule has 0 amide bonds. The Hall–Kier alpha value is -5.42. The monoisotopic (exact) mass is 501 g/mol. The SMILES string of the molecule is c1ccc(-c2nc(-c3ccccc3)nc(-c3cccc(-c4cccc(-c5cnc6ccccn56)c4)c3)n2)cc1. The van der Waals surface area contributed by atoms with E-state index in [1.165, 1.54) is 0 Å². The normalized spacial score (nSPS) is 11.1. The maximum absolute atomic E-state index is 4.89. The van der Waals surface area contributed by atoms with E-state index in [2.05, 4.69) is 57.9 Å². The summed E-state index contributed by atoms with van der Waals surface area (Å²) < 4.78 is 2.11. The number of aromatic nitrogens is 5. The fourth-order valence-electron chi connectivity index (χ4n) is 4.78. The van der Waals surface area contributed by atoms with Gasteiger partial charge in [0, 0.05) is 28.5 Å². The molecule has 0 unspecified atom stereocenters. The van der Waals surface area contributed by atoms with Gasteiger partial charge in [-0.15, -0.1) is 0 Å². The molecular formula is C34H23N5. The summed E-state index contributed by atoms with van der Waals surface area (Å²) in [6.07, 6.45) is 3.96. The van der Waals surface area contributed by atoms with Crippen molar-refractivity contribution in [2.45, 2.75) is 0 Å². The van der Waals surface area contributed by atoms with Gasteiger partial charge in [-0.1, -0.05) is 103 Å². The van der Waals surface area contributed by atoms with Crippen molar-refractivity contribution < 1.29 is 0 Å². The number of hydrogen-bond donors (Lipinski definition) is 0. The predicted octanol–water partition coefficient (Wildman–Crippen LogP) is 7.85. The highest BCUT2D eigenvalue weighted by molar-refractivity contribution is 5.76. The van der Waals surface area contributed by atoms with Crippen LogP contribution in [0, 0.1) is 0 Å². The maximum Gasteiger partial charge on any atom is 0.164 e. The van der Waals surface area contributed by atoms with Gasteiger partial charge in [0.25, 0.3) is 0 Å². The molecule has 4 aromatic carbocycles. The van der Waals surface area contributed by atoms with E-state index in [4.69, 9.17) is 15.0 Å². The standard InChI is InChI=1S/C34H23N5/c1-3-11-24(12-4-1)32-36-33(25-13-5-2-6-14-25)38-34(37-32)29-18-10-16-27(22-29)26-15-9-17-28(21-26)30-23-35-31-19-7-8-20-39(30)31/h1-23H. The minimum absolute atomic E-state index is 0.641. The quantitative estimate of drug-likeness (QED) is 0.241. The van der Waals surface area contributed by atoms with Gasteiger partial charge in [-0.3, -0.25) is 4.40 Å². The van der Waals surface area contributed by atoms with E-state index in [0.29, 0.717) is 17.5 Å². The molecule has 7 rings (SSSR count). The van der Waals surface area contributed by atoms with Gasteiger partial charge < -0.3 is 0 Å². The van der Waals surface area contributed by atoms with Gasteiger partial charge in [-0.25, -0.2) is 19.9 Å². The van der Waals surface area contributed by atoms with Gasteiger partial charge in [0.15, 0.2) is 17.5 Å². The first-order valence-corrected chi connectivity index (χ1v) is 12.8. The van der Waals surface area contributed by atoms with Gasteiger partial charge >= 0.3 is 0 Å². The Morgan fingerprint density at radius 1 is 0.410 bits per heavy atom. The van der Waals surface area contributed by atoms with Gasteiger partial charge in [0.05, 0.1) is 11.9 Å². The molecule has 0 bridgehead atoms. The fraction of sp³-hybridized carbons (Fsp3) is 0. The Morgan fingerprint density at radius 3 is 1.54 bits per heavy atom. The van der Waals surface area contributed by atoms with Crippen LogP contribution in [0.4, 0.5) is 0 Å². The largest absolute Gasteiger partial charge is 0.300 e. The number of nitrogens with zero attached hydrogens (tertiary/aromatic N) is 5. The second-order valence-electron chi connectivity index (χ2n) is 9.27. The van der Waals surface area contributed by atoms with Crippen LogP contribution >= 0.6 is 0 Å². The molecule has 0 aliphatic rings. The van der Waals surface area contributed by atoms with E-state index >= 15 is 0 Å². The molecule has 39 heavy (non-hydrogen) atoms. The summed E-state index contributed by atoms with van der Waals surface area (Å²) in [5.74, 6) is 1.95. The Bertz CT molecular complexity index is 1850. The first-order chi connectivity index (χ1) is 19.3. The van der Waals surface area contributed by atoms with Crippen LogP contribution in [0.3, 0.4) is 0 Å². The van der Waals surface area contributed by atoms with Crippen LogP contribution in [0.2, 0.25) is 0 Å². The summed E-state index contributed by atoms with van der Waals surface area (Å²) in [4.78, 5) is 19.2. The predicted molar refractivity (Wildman–Crippen MR) is 156 cm³/mol. The molecule has 5 heteroatoms. The molecule has 0 saturated heterocycles. The number of rotatable bonds is 5. The minimum atomic E-state index is 0.641. The summed E-state index contributed by atoms with van der Waals surface area (Å²) in [6.45, 7) is 0. The van der Waals surface area contributed by atoms with Crippen LogP contribution in [-0.2, 0) is 0 Å². The lowest BCUT2D eigenvalue weighted by Crippen LogP contribution is -2.00. The number of hydrogen-bond acceptors (Lipinski definition) is 4. The first-order valence-electron chi connectivity index (χ1n) is 12.8. The molecule has 0 N–H and O–H groups in total. The molecule has 0 fully saturated rings. The summed E-state index contributed by atoms with van der Waals surface area (Å²) in [6, 6.07) is 43.0. The highest BCUT2D eigenvalue weighted by Crippen LogP contribution is 2.30. The van der Waals surface area contributed by atoms with Crippen molar-refractivity contribution in [2.24, 2.45) is 0 Å². The zero-order valence-electron chi connectivity index (χ0n) is 21.0. The van der Waals surface area contributed by atoms with E-state index in [9.17, 15) is 0 Å². The molecule has 0 atom stereocenters. The maximum atomic E-state index is 4.89. The van der Waals surface area contributed by atoms with E-state index in [1.54, 1.807) is 0 Å². The topological polar surface area (TPSA) is 56.0 Å². The first kappa shape index (κ1) is 22.8. The number of benzene rings is 4. The molecule has 184 valence electrons. The summed E-state index contributed by atoms with van der Waals surface area (Å²) >= 11 is 0. The lowest BCUT2D eigenvalue weighted by molar-refractivity contribution is 1.07. The third-order valence-corrected chi connectivity index (χ3v) is 6.73. The van der Waals surface area contributed by atoms with Crippen molar-refractivity contribution in [2.75, 3.05) is 0 Å². The Labute approximate surface area is 226 Å². The molecule has 3 aromatic heterocycles. The Morgan fingerprint density at radius 2 is 0.897 bits per heavy atom. The second kappa shape index (κ2) is 9.80. The summed E-state index contributed by atoms with van der Waals surface area (Å²) in [5.41, 5.74) is 8.13. The molecule has 3 heterocycles. The molecule has 7 aromatic rings. The number of imidazole rings is 1. The van der Waals surface area contributed by atoms with E-state index < -0.39 is 0 Å². The average molecular weight is 502 g/mol. The summed E-state index contributed by atoms with van der Waals surface area (Å²) in [5, 5.41) is 0. The molecule has 0 aliphatic carbocycles. The van der Waals surface area contributed by atoms with Crippen molar-refractivity contribution in [1.29, 1.82) is 0 Å². The van der Waals surface area contributed by atoms with Crippen LogP contribution < -0.4 is 0 Å². The number of pyridine rings is 1. The highest BCUT2D eigenvalue weighted by atomic mass is 15.0. The minimum Gasteiger partial charge on any atom is -0.300 e. The van der Waals surface area contributed by atoms with Crippen molar-refractivity contribution >= 4 is 5.65 Å². The smallest absolute Gasteiger partial charge is 0.164 e. The highest BCUT2D eigenvalue weighted by Gasteiger charge is 2.13. The lowest BCUT2D eigenvalue weighted by Gasteiger charge is -2.10. The lowest BCUT2D eigenvalue weighted by atomic mass is 10.00. The molecule has 0 radical (unpaired) electrons. The zero-order chi connectivity index (χ0) is 26.0. The molecule has 0 aliphatic heterocycles. The molecule has 0 spiro atoms. The summed E-state index contributed by atoms with van der Waals surface area (Å²) in [7, 11) is 0. The van der Waals surface area contributed by atoms with Gasteiger partial charge in [0.1, 0.15) is 5.65 Å². The average Bonchev–Trinajstić information content (AvgIpc) is 3.46. The fourth-order valence-corrected chi connectivity index (χ4v) is 4.78. The Balaban J connectivity index is 1.32. The third-order valence-electron chi connectivity index (χ3n) is 6.73. The van der Waals surface area contributed by atoms with E-state index in [1.807, 2.05) is 91.3 Å². The third kappa shape index (κ3) is 4.47. The van der Waals surface area contributed by atoms with E-state index in [0.717, 1.165) is 44.7 Å². The van der Waals surface area contributed by atoms with Crippen molar-refractivity contribution in [3.63, 3.8) is 0 Å². The van der Waals surface area contributed by atoms with Crippen molar-refractivity contribution in [1.82, 2.24) is 24.3 Å². The Kier molecular flexibility index (Phi) is 5.72. The van der Waals surface area contributed by atoms with Crippen LogP contribution in [-0.4, -0.2) is 24.3 Å².